The van der Waals surface area contributed by atoms with E-state index in [1.807, 2.05) is 11.6 Å². The summed E-state index contributed by atoms with van der Waals surface area (Å²) < 4.78 is 0. The van der Waals surface area contributed by atoms with Gasteiger partial charge in [0.1, 0.15) is 0 Å². The maximum absolute atomic E-state index is 12.1. The molecule has 1 fully saturated rings. The van der Waals surface area contributed by atoms with Crippen LogP contribution in [0.25, 0.3) is 6.08 Å². The van der Waals surface area contributed by atoms with Crippen LogP contribution in [0, 0.1) is 5.92 Å². The quantitative estimate of drug-likeness (QED) is 0.742. The second-order valence-corrected chi connectivity index (χ2v) is 7.67. The molecule has 2 aliphatic carbocycles. The van der Waals surface area contributed by atoms with Crippen LogP contribution in [0.3, 0.4) is 0 Å². The molecule has 1 saturated carbocycles. The number of aromatic nitrogens is 3. The van der Waals surface area contributed by atoms with Crippen LogP contribution < -0.4 is 5.32 Å². The predicted molar refractivity (Wildman–Crippen MR) is 102 cm³/mol. The van der Waals surface area contributed by atoms with Crippen LogP contribution in [0.1, 0.15) is 35.4 Å². The lowest BCUT2D eigenvalue weighted by Gasteiger charge is -2.32. The fourth-order valence-electron chi connectivity index (χ4n) is 3.61. The number of hydrogen-bond donors (Lipinski definition) is 2. The number of nitrogens with zero attached hydrogens (tertiary/aromatic N) is 2. The zero-order chi connectivity index (χ0) is 17.6. The summed E-state index contributed by atoms with van der Waals surface area (Å²) in [7, 11) is 0. The van der Waals surface area contributed by atoms with Gasteiger partial charge in [0.15, 0.2) is 5.82 Å². The summed E-state index contributed by atoms with van der Waals surface area (Å²) in [5.74, 6) is 0.869. The first kappa shape index (κ1) is 15.5. The largest absolute Gasteiger partial charge is 0.308 e. The Balaban J connectivity index is 1.55. The minimum atomic E-state index is -0.321. The van der Waals surface area contributed by atoms with Gasteiger partial charge in [0.25, 0.3) is 0 Å². The molecule has 1 aromatic carbocycles. The SMILES string of the molecule is O=C(Nc1n[nH]c2c1C=CC(c1ccccc1)(c1cscn1)C2)C1CC1. The Hall–Kier alpha value is -2.73. The minimum Gasteiger partial charge on any atom is -0.308 e. The Kier molecular flexibility index (Phi) is 3.53. The summed E-state index contributed by atoms with van der Waals surface area (Å²) in [5, 5.41) is 12.6. The number of carbonyl (C=O) groups excluding carboxylic acids is 1. The van der Waals surface area contributed by atoms with Gasteiger partial charge < -0.3 is 5.32 Å². The lowest BCUT2D eigenvalue weighted by molar-refractivity contribution is -0.117. The second kappa shape index (κ2) is 5.92. The number of allylic oxidation sites excluding steroid dienone is 1. The van der Waals surface area contributed by atoms with Gasteiger partial charge in [0, 0.05) is 29.0 Å². The molecule has 2 N–H and O–H groups in total. The number of fused-ring (bicyclic) bond motifs is 1. The Morgan fingerprint density at radius 3 is 2.85 bits per heavy atom. The van der Waals surface area contributed by atoms with E-state index < -0.39 is 0 Å². The number of benzene rings is 1. The van der Waals surface area contributed by atoms with Gasteiger partial charge in [-0.1, -0.05) is 42.5 Å². The molecule has 1 amide bonds. The van der Waals surface area contributed by atoms with E-state index in [1.54, 1.807) is 11.3 Å². The highest BCUT2D eigenvalue weighted by atomic mass is 32.1. The Labute approximate surface area is 155 Å². The third kappa shape index (κ3) is 2.49. The third-order valence-electron chi connectivity index (χ3n) is 5.24. The van der Waals surface area contributed by atoms with Crippen molar-refractivity contribution >= 4 is 29.1 Å². The molecule has 5 nitrogen and oxygen atoms in total. The molecule has 0 radical (unpaired) electrons. The highest BCUT2D eigenvalue weighted by molar-refractivity contribution is 7.07. The molecular formula is C20H18N4OS. The van der Waals surface area contributed by atoms with E-state index in [-0.39, 0.29) is 17.2 Å². The number of rotatable bonds is 4. The summed E-state index contributed by atoms with van der Waals surface area (Å²) in [6, 6.07) is 10.4. The van der Waals surface area contributed by atoms with Crippen molar-refractivity contribution in [1.29, 1.82) is 0 Å². The van der Waals surface area contributed by atoms with Crippen LogP contribution in [0.15, 0.2) is 47.3 Å². The minimum absolute atomic E-state index is 0.0760. The maximum Gasteiger partial charge on any atom is 0.228 e. The van der Waals surface area contributed by atoms with Crippen molar-refractivity contribution in [2.24, 2.45) is 5.92 Å². The molecular weight excluding hydrogens is 344 g/mol. The van der Waals surface area contributed by atoms with Crippen LogP contribution in [-0.2, 0) is 16.6 Å². The van der Waals surface area contributed by atoms with Gasteiger partial charge in [-0.15, -0.1) is 11.3 Å². The highest BCUT2D eigenvalue weighted by Crippen LogP contribution is 2.42. The van der Waals surface area contributed by atoms with Gasteiger partial charge in [-0.05, 0) is 18.4 Å². The van der Waals surface area contributed by atoms with Crippen molar-refractivity contribution in [3.05, 3.63) is 69.8 Å². The molecule has 26 heavy (non-hydrogen) atoms. The fourth-order valence-corrected chi connectivity index (χ4v) is 4.25. The van der Waals surface area contributed by atoms with E-state index in [0.717, 1.165) is 36.2 Å². The molecule has 0 aliphatic heterocycles. The van der Waals surface area contributed by atoms with E-state index in [0.29, 0.717) is 5.82 Å². The fraction of sp³-hybridized carbons (Fsp3) is 0.250. The van der Waals surface area contributed by atoms with Gasteiger partial charge in [-0.3, -0.25) is 9.89 Å². The number of hydrogen-bond acceptors (Lipinski definition) is 4. The summed E-state index contributed by atoms with van der Waals surface area (Å²) in [6.07, 6.45) is 6.96. The number of amides is 1. The monoisotopic (exact) mass is 362 g/mol. The lowest BCUT2D eigenvalue weighted by atomic mass is 9.71. The maximum atomic E-state index is 12.1. The number of nitrogens with one attached hydrogen (secondary N) is 2. The van der Waals surface area contributed by atoms with Crippen molar-refractivity contribution in [3.8, 4) is 0 Å². The van der Waals surface area contributed by atoms with Gasteiger partial charge in [0.2, 0.25) is 5.91 Å². The average Bonchev–Trinajstić information content (AvgIpc) is 3.24. The number of thiazole rings is 1. The average molecular weight is 362 g/mol. The van der Waals surface area contributed by atoms with Crippen molar-refractivity contribution in [2.45, 2.75) is 24.7 Å². The number of carbonyl (C=O) groups is 1. The van der Waals surface area contributed by atoms with E-state index in [9.17, 15) is 4.79 Å². The summed E-state index contributed by atoms with van der Waals surface area (Å²) in [4.78, 5) is 16.7. The number of H-pyrrole nitrogens is 1. The molecule has 0 saturated heterocycles. The topological polar surface area (TPSA) is 70.7 Å². The zero-order valence-corrected chi connectivity index (χ0v) is 14.9. The van der Waals surface area contributed by atoms with E-state index >= 15 is 0 Å². The van der Waals surface area contributed by atoms with Crippen molar-refractivity contribution in [2.75, 3.05) is 5.32 Å². The van der Waals surface area contributed by atoms with Crippen molar-refractivity contribution in [3.63, 3.8) is 0 Å². The Morgan fingerprint density at radius 2 is 2.12 bits per heavy atom. The molecule has 6 heteroatoms. The summed E-state index contributed by atoms with van der Waals surface area (Å²) in [5.41, 5.74) is 5.78. The molecule has 2 aliphatic rings. The summed E-state index contributed by atoms with van der Waals surface area (Å²) >= 11 is 1.60. The predicted octanol–water partition coefficient (Wildman–Crippen LogP) is 3.77. The molecule has 130 valence electrons. The number of aromatic amines is 1. The van der Waals surface area contributed by atoms with Crippen molar-refractivity contribution in [1.82, 2.24) is 15.2 Å². The van der Waals surface area contributed by atoms with Crippen molar-refractivity contribution < 1.29 is 4.79 Å². The van der Waals surface area contributed by atoms with Gasteiger partial charge in [-0.2, -0.15) is 5.10 Å². The second-order valence-electron chi connectivity index (χ2n) is 6.95. The van der Waals surface area contributed by atoms with Crippen LogP contribution >= 0.6 is 11.3 Å². The van der Waals surface area contributed by atoms with Gasteiger partial charge in [-0.25, -0.2) is 4.98 Å². The molecule has 2 aromatic heterocycles. The van der Waals surface area contributed by atoms with Crippen LogP contribution in [0.5, 0.6) is 0 Å². The van der Waals surface area contributed by atoms with E-state index in [1.165, 1.54) is 5.56 Å². The smallest absolute Gasteiger partial charge is 0.228 e. The first-order valence-electron chi connectivity index (χ1n) is 8.78. The molecule has 0 bridgehead atoms. The molecule has 1 unspecified atom stereocenters. The van der Waals surface area contributed by atoms with Crippen LogP contribution in [-0.4, -0.2) is 21.1 Å². The Bertz CT molecular complexity index is 973. The van der Waals surface area contributed by atoms with Crippen LogP contribution in [0.4, 0.5) is 5.82 Å². The molecule has 5 rings (SSSR count). The molecule has 3 aromatic rings. The standard InChI is InChI=1S/C20H18N4OS/c25-19(13-6-7-13)22-18-15-8-9-20(10-16(15)23-24-18,17-11-26-12-21-17)14-4-2-1-3-5-14/h1-5,8-9,11-13H,6-7,10H2,(H2,22,23,24,25). The lowest BCUT2D eigenvalue weighted by Crippen LogP contribution is -2.31. The Morgan fingerprint density at radius 1 is 1.27 bits per heavy atom. The molecule has 0 spiro atoms. The first-order chi connectivity index (χ1) is 12.8. The van der Waals surface area contributed by atoms with E-state index in [2.05, 4.69) is 62.3 Å². The normalized spacial score (nSPS) is 21.4. The highest BCUT2D eigenvalue weighted by Gasteiger charge is 2.38. The molecule has 2 heterocycles. The third-order valence-corrected chi connectivity index (χ3v) is 5.83. The van der Waals surface area contributed by atoms with E-state index in [4.69, 9.17) is 0 Å². The first-order valence-corrected chi connectivity index (χ1v) is 9.72. The number of anilines is 1. The molecule has 1 atom stereocenters. The summed E-state index contributed by atoms with van der Waals surface area (Å²) in [6.45, 7) is 0. The van der Waals surface area contributed by atoms with Crippen LogP contribution in [0.2, 0.25) is 0 Å². The van der Waals surface area contributed by atoms with Gasteiger partial charge >= 0.3 is 0 Å². The zero-order valence-electron chi connectivity index (χ0n) is 14.1. The van der Waals surface area contributed by atoms with Gasteiger partial charge in [0.05, 0.1) is 16.6 Å².